The van der Waals surface area contributed by atoms with E-state index in [1.54, 1.807) is 78.9 Å². The van der Waals surface area contributed by atoms with Gasteiger partial charge in [0.15, 0.2) is 12.2 Å². The molecule has 2 N–H and O–H groups in total. The molecule has 3 aromatic rings. The third kappa shape index (κ3) is 5.25. The molecule has 5 rings (SSSR count). The van der Waals surface area contributed by atoms with Crippen LogP contribution in [0, 0.1) is 0 Å². The first kappa shape index (κ1) is 26.1. The quantitative estimate of drug-likeness (QED) is 0.425. The number of benzene rings is 3. The van der Waals surface area contributed by atoms with Crippen molar-refractivity contribution in [1.82, 2.24) is 10.4 Å². The normalized spacial score (nSPS) is 21.5. The SMILES string of the molecule is O=C1CCC(C(=O)OC(c2ccccc2)c2ccccc2)(N2OC[C@H](NC(=O)[C@@H](O)c3ccccc3)C2=O)O1. The van der Waals surface area contributed by atoms with Crippen LogP contribution in [0.5, 0.6) is 0 Å². The average molecular weight is 531 g/mol. The van der Waals surface area contributed by atoms with Crippen molar-refractivity contribution in [3.05, 3.63) is 108 Å². The summed E-state index contributed by atoms with van der Waals surface area (Å²) in [6, 6.07) is 25.0. The first-order valence-electron chi connectivity index (χ1n) is 12.4. The predicted octanol–water partition coefficient (Wildman–Crippen LogP) is 2.34. The summed E-state index contributed by atoms with van der Waals surface area (Å²) in [7, 11) is 0. The van der Waals surface area contributed by atoms with Crippen molar-refractivity contribution < 1.29 is 38.6 Å². The lowest BCUT2D eigenvalue weighted by Gasteiger charge is -2.34. The Kier molecular flexibility index (Phi) is 7.40. The Balaban J connectivity index is 1.37. The van der Waals surface area contributed by atoms with E-state index in [1.165, 1.54) is 0 Å². The summed E-state index contributed by atoms with van der Waals surface area (Å²) in [5.41, 5.74) is -0.487. The van der Waals surface area contributed by atoms with Crippen molar-refractivity contribution >= 4 is 23.8 Å². The maximum Gasteiger partial charge on any atom is 0.376 e. The highest BCUT2D eigenvalue weighted by atomic mass is 16.8. The molecule has 0 spiro atoms. The van der Waals surface area contributed by atoms with Crippen LogP contribution in [-0.2, 0) is 33.5 Å². The monoisotopic (exact) mass is 530 g/mol. The Morgan fingerprint density at radius 1 is 0.897 bits per heavy atom. The molecular weight excluding hydrogens is 504 g/mol. The van der Waals surface area contributed by atoms with E-state index in [4.69, 9.17) is 14.3 Å². The molecule has 10 nitrogen and oxygen atoms in total. The van der Waals surface area contributed by atoms with Crippen molar-refractivity contribution in [3.8, 4) is 0 Å². The van der Waals surface area contributed by atoms with Crippen LogP contribution >= 0.6 is 0 Å². The summed E-state index contributed by atoms with van der Waals surface area (Å²) >= 11 is 0. The van der Waals surface area contributed by atoms with Crippen LogP contribution in [0.25, 0.3) is 0 Å². The van der Waals surface area contributed by atoms with Gasteiger partial charge in [0, 0.05) is 6.42 Å². The van der Waals surface area contributed by atoms with Gasteiger partial charge in [-0.2, -0.15) is 5.06 Å². The van der Waals surface area contributed by atoms with Crippen molar-refractivity contribution in [2.24, 2.45) is 0 Å². The van der Waals surface area contributed by atoms with Crippen LogP contribution < -0.4 is 5.32 Å². The molecule has 200 valence electrons. The number of rotatable bonds is 8. The van der Waals surface area contributed by atoms with Crippen LogP contribution in [0.15, 0.2) is 91.0 Å². The van der Waals surface area contributed by atoms with Gasteiger partial charge >= 0.3 is 17.7 Å². The minimum atomic E-state index is -2.17. The van der Waals surface area contributed by atoms with E-state index >= 15 is 0 Å². The van der Waals surface area contributed by atoms with Crippen LogP contribution in [0.1, 0.15) is 41.7 Å². The number of hydroxylamine groups is 2. The Hall–Kier alpha value is -4.54. The van der Waals surface area contributed by atoms with Crippen molar-refractivity contribution in [2.75, 3.05) is 6.61 Å². The van der Waals surface area contributed by atoms with Gasteiger partial charge in [-0.1, -0.05) is 91.0 Å². The van der Waals surface area contributed by atoms with Crippen molar-refractivity contribution in [3.63, 3.8) is 0 Å². The number of ether oxygens (including phenoxy) is 2. The molecule has 0 aliphatic carbocycles. The van der Waals surface area contributed by atoms with Gasteiger partial charge in [0.05, 0.1) is 6.42 Å². The second kappa shape index (κ2) is 11.1. The number of aliphatic hydroxyl groups is 1. The Morgan fingerprint density at radius 2 is 1.44 bits per heavy atom. The number of carbonyl (C=O) groups is 4. The van der Waals surface area contributed by atoms with E-state index in [-0.39, 0.29) is 19.4 Å². The zero-order valence-electron chi connectivity index (χ0n) is 20.8. The second-order valence-electron chi connectivity index (χ2n) is 9.17. The molecule has 2 aliphatic rings. The average Bonchev–Trinajstić information content (AvgIpc) is 3.55. The fourth-order valence-corrected chi connectivity index (χ4v) is 4.56. The number of cyclic esters (lactones) is 1. The maximum atomic E-state index is 13.7. The molecule has 1 unspecified atom stereocenters. The summed E-state index contributed by atoms with van der Waals surface area (Å²) in [4.78, 5) is 57.4. The maximum absolute atomic E-state index is 13.7. The fraction of sp³-hybridized carbons (Fsp3) is 0.241. The van der Waals surface area contributed by atoms with Gasteiger partial charge in [-0.15, -0.1) is 0 Å². The van der Waals surface area contributed by atoms with Crippen LogP contribution in [0.4, 0.5) is 0 Å². The Labute approximate surface area is 224 Å². The van der Waals surface area contributed by atoms with E-state index in [0.717, 1.165) is 0 Å². The van der Waals surface area contributed by atoms with Gasteiger partial charge < -0.3 is 19.9 Å². The summed E-state index contributed by atoms with van der Waals surface area (Å²) in [5, 5.41) is 13.5. The highest BCUT2D eigenvalue weighted by Gasteiger charge is 2.60. The van der Waals surface area contributed by atoms with Gasteiger partial charge in [0.25, 0.3) is 11.8 Å². The molecule has 0 aromatic heterocycles. The number of aliphatic hydroxyl groups excluding tert-OH is 1. The van der Waals surface area contributed by atoms with E-state index in [2.05, 4.69) is 5.32 Å². The highest BCUT2D eigenvalue weighted by molar-refractivity contribution is 5.95. The van der Waals surface area contributed by atoms with Crippen molar-refractivity contribution in [2.45, 2.75) is 36.8 Å². The molecule has 0 radical (unpaired) electrons. The molecule has 2 saturated heterocycles. The molecule has 2 heterocycles. The van der Waals surface area contributed by atoms with E-state index in [0.29, 0.717) is 21.8 Å². The Morgan fingerprint density at radius 3 is 1.95 bits per heavy atom. The number of hydrogen-bond acceptors (Lipinski definition) is 8. The first-order valence-corrected chi connectivity index (χ1v) is 12.4. The minimum absolute atomic E-state index is 0.146. The smallest absolute Gasteiger partial charge is 0.376 e. The van der Waals surface area contributed by atoms with Crippen LogP contribution in [-0.4, -0.2) is 52.3 Å². The number of esters is 2. The molecule has 0 bridgehead atoms. The highest BCUT2D eigenvalue weighted by Crippen LogP contribution is 2.37. The van der Waals surface area contributed by atoms with Crippen LogP contribution in [0.2, 0.25) is 0 Å². The lowest BCUT2D eigenvalue weighted by molar-refractivity contribution is -0.260. The standard InChI is InChI=1S/C29H26N2O8/c32-23-16-17-29(39-23,28(36)38-25(20-12-6-2-7-13-20)21-14-8-3-9-15-21)31-27(35)22(18-37-31)30-26(34)24(33)19-10-4-1-5-11-19/h1-15,22,24-25,33H,16-18H2,(H,30,34)/t22-,24-,29?/m0/s1. The summed E-state index contributed by atoms with van der Waals surface area (Å²) in [6.45, 7) is -0.334. The summed E-state index contributed by atoms with van der Waals surface area (Å²) in [6.07, 6.45) is -2.72. The van der Waals surface area contributed by atoms with Gasteiger partial charge in [0.2, 0.25) is 0 Å². The predicted molar refractivity (Wildman–Crippen MR) is 135 cm³/mol. The Bertz CT molecular complexity index is 1310. The molecule has 3 aromatic carbocycles. The molecule has 2 fully saturated rings. The largest absolute Gasteiger partial charge is 0.448 e. The molecule has 0 saturated carbocycles. The van der Waals surface area contributed by atoms with Gasteiger partial charge in [0.1, 0.15) is 12.6 Å². The van der Waals surface area contributed by atoms with Gasteiger partial charge in [-0.3, -0.25) is 19.2 Å². The molecule has 2 amide bonds. The van der Waals surface area contributed by atoms with Gasteiger partial charge in [-0.25, -0.2) is 4.79 Å². The van der Waals surface area contributed by atoms with Crippen LogP contribution in [0.3, 0.4) is 0 Å². The van der Waals surface area contributed by atoms with E-state index in [9.17, 15) is 24.3 Å². The molecule has 3 atom stereocenters. The second-order valence-corrected chi connectivity index (χ2v) is 9.17. The number of amides is 2. The number of carbonyl (C=O) groups excluding carboxylic acids is 4. The summed E-state index contributed by atoms with van der Waals surface area (Å²) in [5.74, 6) is -3.33. The first-order chi connectivity index (χ1) is 18.9. The number of hydrogen-bond donors (Lipinski definition) is 2. The molecule has 39 heavy (non-hydrogen) atoms. The summed E-state index contributed by atoms with van der Waals surface area (Å²) < 4.78 is 11.3. The third-order valence-electron chi connectivity index (χ3n) is 6.58. The fourth-order valence-electron chi connectivity index (χ4n) is 4.56. The molecular formula is C29H26N2O8. The lowest BCUT2D eigenvalue weighted by Crippen LogP contribution is -2.57. The number of nitrogens with one attached hydrogen (secondary N) is 1. The van der Waals surface area contributed by atoms with E-state index < -0.39 is 47.7 Å². The van der Waals surface area contributed by atoms with Crippen molar-refractivity contribution in [1.29, 1.82) is 0 Å². The lowest BCUT2D eigenvalue weighted by atomic mass is 10.0. The zero-order chi connectivity index (χ0) is 27.4. The number of nitrogens with zero attached hydrogens (tertiary/aromatic N) is 1. The zero-order valence-corrected chi connectivity index (χ0v) is 20.8. The topological polar surface area (TPSA) is 131 Å². The van der Waals surface area contributed by atoms with E-state index in [1.807, 2.05) is 12.1 Å². The minimum Gasteiger partial charge on any atom is -0.448 e. The molecule has 10 heteroatoms. The van der Waals surface area contributed by atoms with Gasteiger partial charge in [-0.05, 0) is 16.7 Å². The molecule has 2 aliphatic heterocycles. The third-order valence-corrected chi connectivity index (χ3v) is 6.58.